The highest BCUT2D eigenvalue weighted by molar-refractivity contribution is 9.11. The predicted octanol–water partition coefficient (Wildman–Crippen LogP) is 2.52. The molecule has 18 heavy (non-hydrogen) atoms. The number of hydrogen-bond donors (Lipinski definition) is 1. The highest BCUT2D eigenvalue weighted by atomic mass is 79.9. The van der Waals surface area contributed by atoms with Gasteiger partial charge in [-0.1, -0.05) is 0 Å². The van der Waals surface area contributed by atoms with E-state index in [1.54, 1.807) is 6.21 Å². The van der Waals surface area contributed by atoms with E-state index in [2.05, 4.69) is 26.2 Å². The molecule has 1 aliphatic heterocycles. The predicted molar refractivity (Wildman–Crippen MR) is 76.2 cm³/mol. The number of carbonyl (C=O) groups is 1. The van der Waals surface area contributed by atoms with Crippen LogP contribution in [0.3, 0.4) is 0 Å². The summed E-state index contributed by atoms with van der Waals surface area (Å²) in [5.41, 5.74) is 0.765. The number of rotatable bonds is 4. The number of nitrogens with zero attached hydrogens (tertiary/aromatic N) is 2. The SMILES string of the molecule is COC(=O)c1sc(Br)cc1NCN1C=CC=NC1. The fourth-order valence-corrected chi connectivity index (χ4v) is 2.94. The number of allylic oxidation sites excluding steroid dienone is 1. The van der Waals surface area contributed by atoms with Crippen molar-refractivity contribution in [3.8, 4) is 0 Å². The van der Waals surface area contributed by atoms with Gasteiger partial charge in [-0.05, 0) is 28.1 Å². The fourth-order valence-electron chi connectivity index (χ4n) is 1.45. The molecule has 0 fully saturated rings. The topological polar surface area (TPSA) is 53.9 Å². The van der Waals surface area contributed by atoms with E-state index in [1.165, 1.54) is 18.4 Å². The third-order valence-corrected chi connectivity index (χ3v) is 3.92. The summed E-state index contributed by atoms with van der Waals surface area (Å²) in [6.07, 6.45) is 5.58. The fraction of sp³-hybridized carbons (Fsp3) is 0.273. The van der Waals surface area contributed by atoms with Gasteiger partial charge < -0.3 is 15.0 Å². The van der Waals surface area contributed by atoms with Gasteiger partial charge in [0.2, 0.25) is 0 Å². The lowest BCUT2D eigenvalue weighted by Crippen LogP contribution is -2.26. The minimum absolute atomic E-state index is 0.333. The summed E-state index contributed by atoms with van der Waals surface area (Å²) in [5, 5.41) is 3.20. The van der Waals surface area contributed by atoms with E-state index < -0.39 is 0 Å². The molecule has 0 aliphatic carbocycles. The van der Waals surface area contributed by atoms with E-state index in [0.29, 0.717) is 18.2 Å². The average molecular weight is 330 g/mol. The van der Waals surface area contributed by atoms with Crippen LogP contribution in [-0.2, 0) is 4.74 Å². The van der Waals surface area contributed by atoms with Crippen LogP contribution in [0.2, 0.25) is 0 Å². The number of methoxy groups -OCH3 is 1. The maximum absolute atomic E-state index is 11.6. The van der Waals surface area contributed by atoms with Crippen LogP contribution >= 0.6 is 27.3 Å². The van der Waals surface area contributed by atoms with Crippen molar-refractivity contribution in [2.45, 2.75) is 0 Å². The minimum Gasteiger partial charge on any atom is -0.465 e. The number of thiophene rings is 1. The second-order valence-electron chi connectivity index (χ2n) is 3.52. The third-order valence-electron chi connectivity index (χ3n) is 2.30. The van der Waals surface area contributed by atoms with E-state index in [1.807, 2.05) is 23.2 Å². The van der Waals surface area contributed by atoms with E-state index in [-0.39, 0.29) is 5.97 Å². The van der Waals surface area contributed by atoms with Crippen LogP contribution < -0.4 is 5.32 Å². The van der Waals surface area contributed by atoms with Crippen LogP contribution in [0.4, 0.5) is 5.69 Å². The molecule has 0 atom stereocenters. The second kappa shape index (κ2) is 6.01. The van der Waals surface area contributed by atoms with Gasteiger partial charge in [0.15, 0.2) is 0 Å². The summed E-state index contributed by atoms with van der Waals surface area (Å²) in [5.74, 6) is -0.333. The van der Waals surface area contributed by atoms with E-state index in [9.17, 15) is 4.79 Å². The highest BCUT2D eigenvalue weighted by Crippen LogP contribution is 2.31. The Morgan fingerprint density at radius 1 is 1.72 bits per heavy atom. The van der Waals surface area contributed by atoms with Crippen LogP contribution in [0.25, 0.3) is 0 Å². The van der Waals surface area contributed by atoms with Crippen molar-refractivity contribution < 1.29 is 9.53 Å². The molecule has 0 aromatic carbocycles. The molecule has 0 saturated heterocycles. The average Bonchev–Trinajstić information content (AvgIpc) is 2.78. The molecule has 1 N–H and O–H groups in total. The molecule has 5 nitrogen and oxygen atoms in total. The van der Waals surface area contributed by atoms with Crippen LogP contribution in [0.1, 0.15) is 9.67 Å². The molecular weight excluding hydrogens is 318 g/mol. The first-order valence-corrected chi connectivity index (χ1v) is 6.84. The standard InChI is InChI=1S/C11H12BrN3O2S/c1-17-11(16)10-8(5-9(12)18-10)14-7-15-4-2-3-13-6-15/h2-5,14H,6-7H2,1H3. The lowest BCUT2D eigenvalue weighted by molar-refractivity contribution is 0.0607. The van der Waals surface area contributed by atoms with Gasteiger partial charge in [0.05, 0.1) is 23.3 Å². The lowest BCUT2D eigenvalue weighted by atomic mass is 10.4. The van der Waals surface area contributed by atoms with Crippen LogP contribution in [0, 0.1) is 0 Å². The molecule has 0 radical (unpaired) electrons. The van der Waals surface area contributed by atoms with E-state index >= 15 is 0 Å². The largest absolute Gasteiger partial charge is 0.465 e. The first-order chi connectivity index (χ1) is 8.70. The Morgan fingerprint density at radius 2 is 2.56 bits per heavy atom. The summed E-state index contributed by atoms with van der Waals surface area (Å²) in [6.45, 7) is 1.20. The monoisotopic (exact) mass is 329 g/mol. The Bertz CT molecular complexity index is 498. The molecule has 0 saturated carbocycles. The number of nitrogens with one attached hydrogen (secondary N) is 1. The van der Waals surface area contributed by atoms with Crippen molar-refractivity contribution in [3.63, 3.8) is 0 Å². The Balaban J connectivity index is 2.02. The van der Waals surface area contributed by atoms with Gasteiger partial charge >= 0.3 is 5.97 Å². The molecule has 2 heterocycles. The van der Waals surface area contributed by atoms with Crippen molar-refractivity contribution >= 4 is 45.1 Å². The molecule has 0 amide bonds. The molecule has 0 spiro atoms. The first kappa shape index (κ1) is 13.1. The summed E-state index contributed by atoms with van der Waals surface area (Å²) in [7, 11) is 1.38. The molecule has 1 aromatic rings. The van der Waals surface area contributed by atoms with Crippen molar-refractivity contribution in [2.24, 2.45) is 4.99 Å². The number of ether oxygens (including phenoxy) is 1. The zero-order chi connectivity index (χ0) is 13.0. The van der Waals surface area contributed by atoms with E-state index in [0.717, 1.165) is 9.47 Å². The van der Waals surface area contributed by atoms with Gasteiger partial charge in [-0.15, -0.1) is 11.3 Å². The van der Waals surface area contributed by atoms with Gasteiger partial charge in [0.25, 0.3) is 0 Å². The summed E-state index contributed by atoms with van der Waals surface area (Å²) >= 11 is 4.71. The van der Waals surface area contributed by atoms with Gasteiger partial charge in [0, 0.05) is 12.4 Å². The summed E-state index contributed by atoms with van der Waals surface area (Å²) in [4.78, 5) is 18.3. The molecule has 1 aromatic heterocycles. The molecule has 0 unspecified atom stereocenters. The van der Waals surface area contributed by atoms with Crippen molar-refractivity contribution in [1.29, 1.82) is 0 Å². The van der Waals surface area contributed by atoms with Gasteiger partial charge in [-0.3, -0.25) is 4.99 Å². The number of halogens is 1. The molecular formula is C11H12BrN3O2S. The van der Waals surface area contributed by atoms with Crippen molar-refractivity contribution in [2.75, 3.05) is 25.8 Å². The van der Waals surface area contributed by atoms with E-state index in [4.69, 9.17) is 4.74 Å². The van der Waals surface area contributed by atoms with Crippen LogP contribution in [0.5, 0.6) is 0 Å². The van der Waals surface area contributed by atoms with Crippen LogP contribution in [0.15, 0.2) is 27.1 Å². The Kier molecular flexibility index (Phi) is 4.38. The first-order valence-electron chi connectivity index (χ1n) is 5.23. The third kappa shape index (κ3) is 3.11. The number of esters is 1. The molecule has 7 heteroatoms. The number of anilines is 1. The molecule has 1 aliphatic rings. The smallest absolute Gasteiger partial charge is 0.350 e. The van der Waals surface area contributed by atoms with Crippen molar-refractivity contribution in [3.05, 3.63) is 27.0 Å². The molecule has 0 bridgehead atoms. The van der Waals surface area contributed by atoms with Gasteiger partial charge in [0.1, 0.15) is 11.5 Å². The molecule has 96 valence electrons. The zero-order valence-corrected chi connectivity index (χ0v) is 12.1. The Labute approximate surface area is 117 Å². The number of carbonyl (C=O) groups excluding carboxylic acids is 1. The highest BCUT2D eigenvalue weighted by Gasteiger charge is 2.16. The molecule has 2 rings (SSSR count). The van der Waals surface area contributed by atoms with Crippen LogP contribution in [-0.4, -0.2) is 37.5 Å². The number of aliphatic imine (C=N–C) groups is 1. The van der Waals surface area contributed by atoms with Gasteiger partial charge in [-0.25, -0.2) is 4.79 Å². The number of hydrogen-bond acceptors (Lipinski definition) is 6. The minimum atomic E-state index is -0.333. The summed E-state index contributed by atoms with van der Waals surface area (Å²) in [6, 6.07) is 1.87. The Hall–Kier alpha value is -1.34. The van der Waals surface area contributed by atoms with Crippen molar-refractivity contribution in [1.82, 2.24) is 4.90 Å². The maximum atomic E-state index is 11.6. The lowest BCUT2D eigenvalue weighted by Gasteiger charge is -2.20. The summed E-state index contributed by atoms with van der Waals surface area (Å²) < 4.78 is 5.63. The Morgan fingerprint density at radius 3 is 3.22 bits per heavy atom. The maximum Gasteiger partial charge on any atom is 0.350 e. The zero-order valence-electron chi connectivity index (χ0n) is 9.72. The van der Waals surface area contributed by atoms with Gasteiger partial charge in [-0.2, -0.15) is 0 Å². The quantitative estimate of drug-likeness (QED) is 0.862. The second-order valence-corrected chi connectivity index (χ2v) is 5.95. The normalized spacial score (nSPS) is 13.8.